The maximum atomic E-state index is 11.6. The van der Waals surface area contributed by atoms with E-state index in [1.165, 1.54) is 0 Å². The number of carbonyl (C=O) groups is 1. The van der Waals surface area contributed by atoms with Crippen molar-refractivity contribution in [2.24, 2.45) is 13.0 Å². The number of hydrogen-bond donors (Lipinski definition) is 1. The summed E-state index contributed by atoms with van der Waals surface area (Å²) in [6, 6.07) is 0. The number of anilines is 1. The molecule has 0 radical (unpaired) electrons. The molecule has 1 rings (SSSR count). The molecular formula is C11H19N3O. The molecule has 0 fully saturated rings. The molecule has 0 aliphatic carbocycles. The van der Waals surface area contributed by atoms with Crippen LogP contribution >= 0.6 is 0 Å². The molecule has 1 heterocycles. The third-order valence-electron chi connectivity index (χ3n) is 2.37. The second-order valence-electron chi connectivity index (χ2n) is 4.32. The monoisotopic (exact) mass is 209 g/mol. The predicted octanol–water partition coefficient (Wildman–Crippen LogP) is 2.02. The van der Waals surface area contributed by atoms with Crippen molar-refractivity contribution in [2.45, 2.75) is 34.1 Å². The lowest BCUT2D eigenvalue weighted by atomic mass is 10.1. The summed E-state index contributed by atoms with van der Waals surface area (Å²) < 4.78 is 1.78. The van der Waals surface area contributed by atoms with Crippen LogP contribution in [0.1, 0.15) is 31.7 Å². The van der Waals surface area contributed by atoms with Crippen LogP contribution in [-0.4, -0.2) is 15.7 Å². The number of rotatable bonds is 3. The van der Waals surface area contributed by atoms with Gasteiger partial charge in [-0.15, -0.1) is 0 Å². The summed E-state index contributed by atoms with van der Waals surface area (Å²) in [6.45, 7) is 7.91. The Kier molecular flexibility index (Phi) is 3.50. The first-order valence-electron chi connectivity index (χ1n) is 5.22. The average Bonchev–Trinajstić information content (AvgIpc) is 2.31. The quantitative estimate of drug-likeness (QED) is 0.827. The maximum absolute atomic E-state index is 11.6. The van der Waals surface area contributed by atoms with Crippen LogP contribution in [0.4, 0.5) is 5.69 Å². The van der Waals surface area contributed by atoms with Crippen molar-refractivity contribution in [3.63, 3.8) is 0 Å². The third kappa shape index (κ3) is 2.81. The summed E-state index contributed by atoms with van der Waals surface area (Å²) >= 11 is 0. The number of amides is 1. The molecule has 1 aromatic heterocycles. The number of hydrogen-bond acceptors (Lipinski definition) is 2. The van der Waals surface area contributed by atoms with Gasteiger partial charge < -0.3 is 5.32 Å². The first-order valence-corrected chi connectivity index (χ1v) is 5.22. The van der Waals surface area contributed by atoms with Gasteiger partial charge in [0.15, 0.2) is 0 Å². The standard InChI is InChI=1S/C11H19N3O/c1-7(2)6-10(15)12-11-8(3)13-14(5)9(11)4/h7H,6H2,1-5H3,(H,12,15). The Morgan fingerprint density at radius 3 is 2.47 bits per heavy atom. The molecule has 15 heavy (non-hydrogen) atoms. The van der Waals surface area contributed by atoms with Crippen molar-refractivity contribution in [1.82, 2.24) is 9.78 Å². The highest BCUT2D eigenvalue weighted by Crippen LogP contribution is 2.18. The summed E-state index contributed by atoms with van der Waals surface area (Å²) in [6.07, 6.45) is 0.549. The van der Waals surface area contributed by atoms with Crippen molar-refractivity contribution >= 4 is 11.6 Å². The van der Waals surface area contributed by atoms with Gasteiger partial charge in [-0.3, -0.25) is 9.48 Å². The van der Waals surface area contributed by atoms with Gasteiger partial charge in [-0.2, -0.15) is 5.10 Å². The maximum Gasteiger partial charge on any atom is 0.224 e. The van der Waals surface area contributed by atoms with Crippen molar-refractivity contribution in [2.75, 3.05) is 5.32 Å². The van der Waals surface area contributed by atoms with Crippen LogP contribution in [0.2, 0.25) is 0 Å². The number of nitrogens with one attached hydrogen (secondary N) is 1. The highest BCUT2D eigenvalue weighted by atomic mass is 16.1. The van der Waals surface area contributed by atoms with Gasteiger partial charge in [-0.05, 0) is 19.8 Å². The second kappa shape index (κ2) is 4.47. The van der Waals surface area contributed by atoms with Crippen LogP contribution in [-0.2, 0) is 11.8 Å². The average molecular weight is 209 g/mol. The molecule has 0 atom stereocenters. The molecule has 1 aromatic rings. The van der Waals surface area contributed by atoms with Gasteiger partial charge in [-0.25, -0.2) is 0 Å². The lowest BCUT2D eigenvalue weighted by molar-refractivity contribution is -0.116. The Labute approximate surface area is 90.7 Å². The highest BCUT2D eigenvalue weighted by molar-refractivity contribution is 5.91. The Morgan fingerprint density at radius 2 is 2.07 bits per heavy atom. The first kappa shape index (κ1) is 11.8. The molecule has 0 aromatic carbocycles. The van der Waals surface area contributed by atoms with Crippen molar-refractivity contribution in [3.05, 3.63) is 11.4 Å². The van der Waals surface area contributed by atoms with E-state index in [-0.39, 0.29) is 5.91 Å². The second-order valence-corrected chi connectivity index (χ2v) is 4.32. The van der Waals surface area contributed by atoms with Crippen LogP contribution in [0.3, 0.4) is 0 Å². The van der Waals surface area contributed by atoms with Gasteiger partial charge >= 0.3 is 0 Å². The lowest BCUT2D eigenvalue weighted by Gasteiger charge is -2.07. The van der Waals surface area contributed by atoms with E-state index in [9.17, 15) is 4.79 Å². The molecule has 0 saturated carbocycles. The zero-order valence-electron chi connectivity index (χ0n) is 10.1. The molecule has 0 aliphatic heterocycles. The molecule has 0 saturated heterocycles. The summed E-state index contributed by atoms with van der Waals surface area (Å²) in [7, 11) is 1.88. The number of carbonyl (C=O) groups excluding carboxylic acids is 1. The normalized spacial score (nSPS) is 10.8. The molecule has 84 valence electrons. The van der Waals surface area contributed by atoms with E-state index in [1.807, 2.05) is 34.7 Å². The van der Waals surface area contributed by atoms with Gasteiger partial charge in [0, 0.05) is 13.5 Å². The van der Waals surface area contributed by atoms with Gasteiger partial charge in [-0.1, -0.05) is 13.8 Å². The van der Waals surface area contributed by atoms with Crippen molar-refractivity contribution in [3.8, 4) is 0 Å². The molecule has 4 nitrogen and oxygen atoms in total. The van der Waals surface area contributed by atoms with Crippen LogP contribution in [0.25, 0.3) is 0 Å². The van der Waals surface area contributed by atoms with Crippen molar-refractivity contribution in [1.29, 1.82) is 0 Å². The summed E-state index contributed by atoms with van der Waals surface area (Å²) in [4.78, 5) is 11.6. The molecule has 1 N–H and O–H groups in total. The third-order valence-corrected chi connectivity index (χ3v) is 2.37. The summed E-state index contributed by atoms with van der Waals surface area (Å²) in [5, 5.41) is 7.15. The molecular weight excluding hydrogens is 190 g/mol. The fourth-order valence-corrected chi connectivity index (χ4v) is 1.52. The van der Waals surface area contributed by atoms with Gasteiger partial charge in [0.05, 0.1) is 17.1 Å². The van der Waals surface area contributed by atoms with Crippen molar-refractivity contribution < 1.29 is 4.79 Å². The Balaban J connectivity index is 2.76. The summed E-state index contributed by atoms with van der Waals surface area (Å²) in [5.74, 6) is 0.437. The highest BCUT2D eigenvalue weighted by Gasteiger charge is 2.12. The zero-order chi connectivity index (χ0) is 11.6. The SMILES string of the molecule is Cc1nn(C)c(C)c1NC(=O)CC(C)C. The van der Waals surface area contributed by atoms with Gasteiger partial charge in [0.2, 0.25) is 5.91 Å². The minimum Gasteiger partial charge on any atom is -0.323 e. The molecule has 0 unspecified atom stereocenters. The Morgan fingerprint density at radius 1 is 1.47 bits per heavy atom. The first-order chi connectivity index (χ1) is 6.91. The number of aryl methyl sites for hydroxylation is 2. The molecule has 0 aliphatic rings. The van der Waals surface area contributed by atoms with Gasteiger partial charge in [0.1, 0.15) is 0 Å². The minimum atomic E-state index is 0.0594. The van der Waals surface area contributed by atoms with Crippen LogP contribution in [0.15, 0.2) is 0 Å². The minimum absolute atomic E-state index is 0.0594. The summed E-state index contributed by atoms with van der Waals surface area (Å²) in [5.41, 5.74) is 2.71. The number of aromatic nitrogens is 2. The topological polar surface area (TPSA) is 46.9 Å². The largest absolute Gasteiger partial charge is 0.323 e. The zero-order valence-corrected chi connectivity index (χ0v) is 10.1. The van der Waals surface area contributed by atoms with Crippen LogP contribution < -0.4 is 5.32 Å². The molecule has 1 amide bonds. The fraction of sp³-hybridized carbons (Fsp3) is 0.636. The van der Waals surface area contributed by atoms with E-state index >= 15 is 0 Å². The molecule has 0 bridgehead atoms. The van der Waals surface area contributed by atoms with E-state index in [4.69, 9.17) is 0 Å². The van der Waals surface area contributed by atoms with E-state index in [2.05, 4.69) is 10.4 Å². The van der Waals surface area contributed by atoms with E-state index in [0.717, 1.165) is 17.1 Å². The smallest absolute Gasteiger partial charge is 0.224 e. The van der Waals surface area contributed by atoms with Crippen LogP contribution in [0.5, 0.6) is 0 Å². The molecule has 4 heteroatoms. The lowest BCUT2D eigenvalue weighted by Crippen LogP contribution is -2.14. The van der Waals surface area contributed by atoms with E-state index in [0.29, 0.717) is 12.3 Å². The predicted molar refractivity (Wildman–Crippen MR) is 60.8 cm³/mol. The fourth-order valence-electron chi connectivity index (χ4n) is 1.52. The number of nitrogens with zero attached hydrogens (tertiary/aromatic N) is 2. The molecule has 0 spiro atoms. The van der Waals surface area contributed by atoms with E-state index < -0.39 is 0 Å². The van der Waals surface area contributed by atoms with Gasteiger partial charge in [0.25, 0.3) is 0 Å². The van der Waals surface area contributed by atoms with E-state index in [1.54, 1.807) is 4.68 Å². The Bertz CT molecular complexity index is 366. The van der Waals surface area contributed by atoms with Crippen LogP contribution in [0, 0.1) is 19.8 Å². The Hall–Kier alpha value is -1.32.